The topological polar surface area (TPSA) is 329 Å². The minimum Gasteiger partial charge on any atom is -0.361 e. The molecular weight excluding hydrogens is 1690 g/mol. The number of halogens is 6. The molecule has 0 saturated carbocycles. The molecule has 6 N–H and O–H groups in total. The van der Waals surface area contributed by atoms with Crippen molar-refractivity contribution in [1.82, 2.24) is 72.2 Å². The number of hydrogen-bond donors (Lipinski definition) is 6. The van der Waals surface area contributed by atoms with Gasteiger partial charge in [0.15, 0.2) is 5.78 Å². The molecule has 5 amide bonds. The molecule has 126 heavy (non-hydrogen) atoms. The number of aromatic amines is 6. The van der Waals surface area contributed by atoms with Crippen molar-refractivity contribution < 1.29 is 80.4 Å². The van der Waals surface area contributed by atoms with E-state index in [1.54, 1.807) is 69.6 Å². The summed E-state index contributed by atoms with van der Waals surface area (Å²) in [6, 6.07) is 27.4. The van der Waals surface area contributed by atoms with Crippen molar-refractivity contribution in [2.45, 2.75) is 78.7 Å². The Balaban J connectivity index is 0.000000130. The zero-order chi connectivity index (χ0) is 90.1. The third-order valence-corrected chi connectivity index (χ3v) is 28.4. The number of Topliss-reactive ketones (excluding diaryl/α,β-unsaturated/α-hetero) is 1. The molecule has 0 unspecified atom stereocenters. The summed E-state index contributed by atoms with van der Waals surface area (Å²) >= 11 is 0. The summed E-state index contributed by atoms with van der Waals surface area (Å²) in [5.74, 6) is -0.748. The van der Waals surface area contributed by atoms with E-state index < -0.39 is 30.1 Å². The fourth-order valence-corrected chi connectivity index (χ4v) is 19.8. The number of nitrogens with one attached hydrogen (secondary N) is 6. The first-order valence-electron chi connectivity index (χ1n) is 42.0. The minimum atomic E-state index is -3.22. The number of piperidine rings is 3. The number of piperazine rings is 3. The summed E-state index contributed by atoms with van der Waals surface area (Å²) in [6.45, 7) is 16.0. The van der Waals surface area contributed by atoms with Gasteiger partial charge in [0.1, 0.15) is 34.9 Å². The molecule has 18 rings (SSSR count). The van der Waals surface area contributed by atoms with Gasteiger partial charge in [-0.15, -0.1) is 0 Å². The van der Waals surface area contributed by atoms with Crippen molar-refractivity contribution in [2.24, 2.45) is 17.8 Å². The predicted octanol–water partition coefficient (Wildman–Crippen LogP) is 12.4. The minimum absolute atomic E-state index is 0.00832. The van der Waals surface area contributed by atoms with Crippen LogP contribution in [0.4, 0.5) is 26.3 Å². The van der Waals surface area contributed by atoms with Gasteiger partial charge in [0, 0.05) is 259 Å². The number of amides is 5. The molecule has 12 heterocycles. The van der Waals surface area contributed by atoms with Gasteiger partial charge in [-0.25, -0.2) is 60.2 Å². The summed E-state index contributed by atoms with van der Waals surface area (Å²) < 4.78 is 152. The maximum absolute atomic E-state index is 13.2. The highest BCUT2D eigenvalue weighted by atomic mass is 32.2. The lowest BCUT2D eigenvalue weighted by Crippen LogP contribution is -2.50. The molecule has 6 aromatic heterocycles. The van der Waals surface area contributed by atoms with Crippen molar-refractivity contribution in [3.63, 3.8) is 0 Å². The van der Waals surface area contributed by atoms with Crippen LogP contribution in [0.3, 0.4) is 0 Å². The van der Waals surface area contributed by atoms with Crippen molar-refractivity contribution in [1.29, 1.82) is 0 Å². The SMILES string of the molecule is CC(=O)N1CCC(Cc2c[nH]c3cc(F)ccc23)CC1.CC(=O)N1CCN(C(=O)c2c[nH]c3cc(F)ccc23)CC1.CC(=O)N1CCN(Cc2c[nH]c3cc(F)ccc23)CC1.CS(=O)(=O)N1CCC(C(=O)c2c[nH]c3cc(F)ccc23)CC1.CS(=O)(=O)N1CCC(Cc2c[nH]c3cc(F)ccc23)CC1.CS(=O)(=O)N1CCN(C(=O)c2c[nH]c3cc(F)ccc23)CC1. The molecule has 36 heteroatoms. The number of sulfonamides is 3. The molecule has 6 aromatic carbocycles. The Morgan fingerprint density at radius 1 is 0.310 bits per heavy atom. The molecule has 0 spiro atoms. The van der Waals surface area contributed by atoms with E-state index in [-0.39, 0.29) is 76.1 Å². The summed E-state index contributed by atoms with van der Waals surface area (Å²) in [6.07, 6.45) is 21.1. The van der Waals surface area contributed by atoms with E-state index >= 15 is 0 Å². The number of H-pyrrole nitrogens is 6. The summed E-state index contributed by atoms with van der Waals surface area (Å²) in [7, 11) is -9.48. The van der Waals surface area contributed by atoms with Gasteiger partial charge in [-0.1, -0.05) is 0 Å². The van der Waals surface area contributed by atoms with Crippen LogP contribution < -0.4 is 0 Å². The van der Waals surface area contributed by atoms with Crippen LogP contribution in [0, 0.1) is 52.7 Å². The van der Waals surface area contributed by atoms with Gasteiger partial charge < -0.3 is 54.4 Å². The Bertz CT molecular complexity index is 6050. The van der Waals surface area contributed by atoms with Gasteiger partial charge in [0.25, 0.3) is 11.8 Å². The molecule has 672 valence electrons. The summed E-state index contributed by atoms with van der Waals surface area (Å²) in [4.78, 5) is 101. The largest absolute Gasteiger partial charge is 0.361 e. The van der Waals surface area contributed by atoms with Crippen LogP contribution in [0.5, 0.6) is 0 Å². The van der Waals surface area contributed by atoms with Crippen LogP contribution >= 0.6 is 0 Å². The number of fused-ring (bicyclic) bond motifs is 6. The van der Waals surface area contributed by atoms with Crippen molar-refractivity contribution in [3.05, 3.63) is 215 Å². The molecule has 0 aliphatic carbocycles. The number of carbonyl (C=O) groups excluding carboxylic acids is 6. The number of carbonyl (C=O) groups is 6. The molecule has 0 bridgehead atoms. The number of hydrogen-bond acceptors (Lipinski definition) is 13. The molecule has 12 aromatic rings. The maximum Gasteiger partial charge on any atom is 0.256 e. The Hall–Kier alpha value is -11.2. The second-order valence-electron chi connectivity index (χ2n) is 33.0. The predicted molar refractivity (Wildman–Crippen MR) is 473 cm³/mol. The average molecular weight is 1800 g/mol. The molecule has 6 aliphatic heterocycles. The van der Waals surface area contributed by atoms with Gasteiger partial charge in [-0.2, -0.15) is 4.31 Å². The normalized spacial score (nSPS) is 17.1. The third-order valence-electron chi connectivity index (χ3n) is 24.5. The first-order chi connectivity index (χ1) is 60.0. The Morgan fingerprint density at radius 3 is 0.929 bits per heavy atom. The van der Waals surface area contributed by atoms with E-state index in [0.29, 0.717) is 147 Å². The zero-order valence-electron chi connectivity index (χ0n) is 71.1. The van der Waals surface area contributed by atoms with E-state index in [0.717, 1.165) is 122 Å². The van der Waals surface area contributed by atoms with Crippen LogP contribution in [0.25, 0.3) is 65.4 Å². The first kappa shape index (κ1) is 92.5. The first-order valence-corrected chi connectivity index (χ1v) is 47.6. The van der Waals surface area contributed by atoms with Gasteiger partial charge >= 0.3 is 0 Å². The highest BCUT2D eigenvalue weighted by Crippen LogP contribution is 2.33. The zero-order valence-corrected chi connectivity index (χ0v) is 73.5. The number of nitrogens with zero attached hydrogens (tertiary/aromatic N) is 9. The molecule has 27 nitrogen and oxygen atoms in total. The lowest BCUT2D eigenvalue weighted by Gasteiger charge is -2.34. The lowest BCUT2D eigenvalue weighted by molar-refractivity contribution is -0.131. The summed E-state index contributed by atoms with van der Waals surface area (Å²) in [5.41, 5.74) is 9.47. The average Bonchev–Trinajstić information content (AvgIpc) is 1.67. The number of ketones is 1. The van der Waals surface area contributed by atoms with Gasteiger partial charge in [0.05, 0.1) is 29.9 Å². The highest BCUT2D eigenvalue weighted by molar-refractivity contribution is 7.88. The molecule has 0 atom stereocenters. The molecule has 6 aliphatic rings. The third kappa shape index (κ3) is 23.2. The fraction of sp³-hybridized carbons (Fsp3) is 0.400. The molecule has 0 radical (unpaired) electrons. The van der Waals surface area contributed by atoms with E-state index in [1.165, 1.54) is 124 Å². The quantitative estimate of drug-likeness (QED) is 0.0462. The highest BCUT2D eigenvalue weighted by Gasteiger charge is 2.34. The smallest absolute Gasteiger partial charge is 0.256 e. The van der Waals surface area contributed by atoms with E-state index in [2.05, 4.69) is 34.8 Å². The standard InChI is InChI=1S/C16H19FN2O.C15H16FN3O2.C15H18FN3O.C15H17FN2O3S.C15H19FN2O2S.C14H16FN3O3S/c1-11(20)19-6-4-12(5-7-19)8-13-10-18-16-9-14(17)2-3-15(13)16;1-10(20)18-4-6-19(7-5-18)15(21)13-9-17-14-8-11(16)2-3-12(13)14;1-11(20)19-6-4-18(5-7-19)10-12-9-17-15-8-13(16)2-3-14(12)15;1-22(20,21)18-6-4-10(5-7-18)15(19)13-9-17-14-8-11(16)2-3-12(13)14;1-21(19,20)18-6-4-11(5-7-18)8-12-10-17-15-9-13(16)2-3-14(12)15;1-22(20,21)18-6-4-17(5-7-18)14(19)12-9-16-13-8-10(15)2-3-11(12)13/h2-3,9-10,12,18H,4-8H2,1H3;2-3,8-9,17H,4-7H2,1H3;2-3,8-9,17H,4-7,10H2,1H3;2-3,8-10,17H,4-7H2,1H3;2-3,9-11,17H,4-8H2,1H3;2-3,8-9,16H,4-7H2,1H3. The summed E-state index contributed by atoms with van der Waals surface area (Å²) in [5, 5.41) is 5.33. The number of likely N-dealkylation sites (tertiary alicyclic amines) is 1. The van der Waals surface area contributed by atoms with Crippen molar-refractivity contribution in [2.75, 3.05) is 137 Å². The Kier molecular flexibility index (Phi) is 29.5. The number of benzene rings is 6. The van der Waals surface area contributed by atoms with Crippen molar-refractivity contribution >= 4 is 131 Å². The number of rotatable bonds is 13. The van der Waals surface area contributed by atoms with Crippen molar-refractivity contribution in [3.8, 4) is 0 Å². The monoisotopic (exact) mass is 1800 g/mol. The Morgan fingerprint density at radius 2 is 0.571 bits per heavy atom. The second kappa shape index (κ2) is 40.2. The second-order valence-corrected chi connectivity index (χ2v) is 38.9. The Labute approximate surface area is 726 Å². The van der Waals surface area contributed by atoms with Crippen LogP contribution in [0.2, 0.25) is 0 Å². The van der Waals surface area contributed by atoms with Gasteiger partial charge in [-0.05, 0) is 189 Å². The molecule has 6 saturated heterocycles. The van der Waals surface area contributed by atoms with E-state index in [1.807, 2.05) is 46.6 Å². The van der Waals surface area contributed by atoms with Crippen LogP contribution in [-0.2, 0) is 63.8 Å². The van der Waals surface area contributed by atoms with Crippen LogP contribution in [0.1, 0.15) is 107 Å². The van der Waals surface area contributed by atoms with Gasteiger partial charge in [0.2, 0.25) is 47.8 Å². The number of aromatic nitrogens is 6. The molecular formula is C90H105F6N15O12S3. The van der Waals surface area contributed by atoms with Crippen LogP contribution in [0.15, 0.2) is 146 Å². The van der Waals surface area contributed by atoms with Gasteiger partial charge in [-0.3, -0.25) is 33.7 Å². The fourth-order valence-electron chi connectivity index (χ4n) is 17.2. The maximum atomic E-state index is 13.2. The van der Waals surface area contributed by atoms with E-state index in [4.69, 9.17) is 0 Å². The van der Waals surface area contributed by atoms with Crippen LogP contribution in [-0.4, -0.2) is 269 Å². The lowest BCUT2D eigenvalue weighted by atomic mass is 9.89. The molecule has 6 fully saturated rings. The van der Waals surface area contributed by atoms with E-state index in [9.17, 15) is 80.4 Å².